The molecule has 2 aromatic heterocycles. The molecule has 0 bridgehead atoms. The fourth-order valence-corrected chi connectivity index (χ4v) is 4.43. The van der Waals surface area contributed by atoms with Crippen LogP contribution in [0, 0.1) is 11.8 Å². The summed E-state index contributed by atoms with van der Waals surface area (Å²) in [5, 5.41) is 14.6. The number of amides is 1. The Hall–Kier alpha value is -2.83. The first-order valence-electron chi connectivity index (χ1n) is 11.4. The maximum Gasteiger partial charge on any atom is 0.490 e. The van der Waals surface area contributed by atoms with E-state index in [9.17, 15) is 26.7 Å². The van der Waals surface area contributed by atoms with Crippen molar-refractivity contribution < 1.29 is 36.6 Å². The van der Waals surface area contributed by atoms with Crippen LogP contribution >= 0.6 is 0 Å². The number of carbonyl (C=O) groups excluding carboxylic acids is 1. The average Bonchev–Trinajstić information content (AvgIpc) is 3.36. The van der Waals surface area contributed by atoms with Gasteiger partial charge in [0.05, 0.1) is 24.1 Å². The zero-order valence-electron chi connectivity index (χ0n) is 19.1. The van der Waals surface area contributed by atoms with Crippen molar-refractivity contribution in [1.29, 1.82) is 0 Å². The van der Waals surface area contributed by atoms with Crippen LogP contribution in [0.15, 0.2) is 18.5 Å². The number of rotatable bonds is 5. The van der Waals surface area contributed by atoms with E-state index in [1.54, 1.807) is 16.9 Å². The lowest BCUT2D eigenvalue weighted by Gasteiger charge is -2.31. The highest BCUT2D eigenvalue weighted by Crippen LogP contribution is 2.40. The van der Waals surface area contributed by atoms with E-state index in [-0.39, 0.29) is 42.7 Å². The number of aromatic nitrogens is 3. The van der Waals surface area contributed by atoms with Crippen molar-refractivity contribution in [1.82, 2.24) is 19.9 Å². The topological polar surface area (TPSA) is 123 Å². The van der Waals surface area contributed by atoms with Gasteiger partial charge in [0.25, 0.3) is 0 Å². The van der Waals surface area contributed by atoms with E-state index in [0.717, 1.165) is 18.4 Å². The molecule has 0 aromatic carbocycles. The Morgan fingerprint density at radius 1 is 1.34 bits per heavy atom. The van der Waals surface area contributed by atoms with Gasteiger partial charge < -0.3 is 16.2 Å². The van der Waals surface area contributed by atoms with Gasteiger partial charge in [0.1, 0.15) is 0 Å². The van der Waals surface area contributed by atoms with Crippen LogP contribution in [0.5, 0.6) is 0 Å². The van der Waals surface area contributed by atoms with Crippen molar-refractivity contribution in [2.45, 2.75) is 76.1 Å². The van der Waals surface area contributed by atoms with Crippen molar-refractivity contribution in [2.24, 2.45) is 17.6 Å². The molecule has 2 fully saturated rings. The van der Waals surface area contributed by atoms with Gasteiger partial charge in [-0.15, -0.1) is 0 Å². The van der Waals surface area contributed by atoms with Crippen molar-refractivity contribution in [2.75, 3.05) is 0 Å². The number of alkyl halides is 5. The van der Waals surface area contributed by atoms with E-state index in [1.807, 2.05) is 6.07 Å². The lowest BCUT2D eigenvalue weighted by atomic mass is 9.81. The fourth-order valence-electron chi connectivity index (χ4n) is 4.43. The number of nitrogens with zero attached hydrogens (tertiary/aromatic N) is 3. The molecule has 1 saturated heterocycles. The third kappa shape index (κ3) is 6.86. The van der Waals surface area contributed by atoms with E-state index in [2.05, 4.69) is 22.3 Å². The highest BCUT2D eigenvalue weighted by Gasteiger charge is 2.39. The minimum Gasteiger partial charge on any atom is -0.475 e. The molecule has 2 aliphatic rings. The number of nitrogens with one attached hydrogen (secondary N) is 1. The number of aliphatic carboxylic acids is 1. The molecule has 4 N–H and O–H groups in total. The van der Waals surface area contributed by atoms with E-state index in [4.69, 9.17) is 15.6 Å². The highest BCUT2D eigenvalue weighted by atomic mass is 19.4. The Bertz CT molecular complexity index is 1050. The number of carbonyl (C=O) groups is 2. The molecule has 1 amide bonds. The lowest BCUT2D eigenvalue weighted by Crippen LogP contribution is -2.31. The smallest absolute Gasteiger partial charge is 0.475 e. The van der Waals surface area contributed by atoms with Gasteiger partial charge in [-0.25, -0.2) is 23.1 Å². The van der Waals surface area contributed by atoms with Crippen LogP contribution in [0.4, 0.5) is 22.0 Å². The van der Waals surface area contributed by atoms with Gasteiger partial charge >= 0.3 is 12.1 Å². The molecular formula is C22H28F5N5O3. The molecule has 2 aromatic rings. The molecule has 1 saturated carbocycles. The summed E-state index contributed by atoms with van der Waals surface area (Å²) in [6.07, 6.45) is 1.49. The minimum atomic E-state index is -5.08. The molecule has 3 heterocycles. The maximum atomic E-state index is 13.4. The molecule has 2 unspecified atom stereocenters. The Labute approximate surface area is 198 Å². The Morgan fingerprint density at radius 2 is 1.97 bits per heavy atom. The van der Waals surface area contributed by atoms with Crippen molar-refractivity contribution in [3.05, 3.63) is 29.7 Å². The normalized spacial score (nSPS) is 23.5. The zero-order valence-corrected chi connectivity index (χ0v) is 19.1. The first-order chi connectivity index (χ1) is 16.3. The van der Waals surface area contributed by atoms with E-state index < -0.39 is 18.1 Å². The zero-order chi connectivity index (χ0) is 26.0. The summed E-state index contributed by atoms with van der Waals surface area (Å²) < 4.78 is 60.2. The Morgan fingerprint density at radius 3 is 2.51 bits per heavy atom. The van der Waals surface area contributed by atoms with Gasteiger partial charge in [-0.2, -0.15) is 18.3 Å². The molecule has 13 heteroatoms. The first-order valence-corrected chi connectivity index (χ1v) is 11.4. The number of halogens is 5. The second kappa shape index (κ2) is 10.4. The van der Waals surface area contributed by atoms with Crippen LogP contribution in [0.1, 0.15) is 62.7 Å². The number of fused-ring (bicyclic) bond motifs is 1. The van der Waals surface area contributed by atoms with Crippen LogP contribution < -0.4 is 11.1 Å². The van der Waals surface area contributed by atoms with Crippen LogP contribution in [-0.4, -0.2) is 49.7 Å². The lowest BCUT2D eigenvalue weighted by molar-refractivity contribution is -0.192. The summed E-state index contributed by atoms with van der Waals surface area (Å²) in [5.74, 6) is -5.24. The second-order valence-electron chi connectivity index (χ2n) is 9.10. The molecule has 194 valence electrons. The third-order valence-electron chi connectivity index (χ3n) is 6.51. The van der Waals surface area contributed by atoms with Gasteiger partial charge in [-0.3, -0.25) is 4.79 Å². The minimum absolute atomic E-state index is 0.0113. The van der Waals surface area contributed by atoms with Crippen LogP contribution in [-0.2, 0) is 16.0 Å². The highest BCUT2D eigenvalue weighted by molar-refractivity contribution is 5.81. The molecule has 8 nitrogen and oxygen atoms in total. The standard InChI is InChI=1S/C20H27F2N5O.C2HF3O2/c1-2-15-9-14(19(28)25-15)7-12-8-17-26-16(11-27(17)24-10-12)18(23)13-3-5-20(21,22)6-4-13;3-2(4,5)1(6)7/h8,10-11,13-15,18H,2-7,9,23H2,1H3,(H,25,28);(H,6,7)/t14?,15?,18-;/m0./s1. The van der Waals surface area contributed by atoms with E-state index in [0.29, 0.717) is 30.6 Å². The SMILES string of the molecule is CCC1CC(Cc2cnn3cc([C@@H](N)C4CCC(F)(F)CC4)nc3c2)C(=O)N1.O=C(O)C(F)(F)F. The number of carboxylic acid groups (broad SMARTS) is 1. The Balaban J connectivity index is 0.000000429. The van der Waals surface area contributed by atoms with Crippen molar-refractivity contribution in [3.8, 4) is 0 Å². The number of imidazole rings is 1. The van der Waals surface area contributed by atoms with Gasteiger partial charge in [0.15, 0.2) is 5.65 Å². The van der Waals surface area contributed by atoms with Crippen LogP contribution in [0.2, 0.25) is 0 Å². The average molecular weight is 505 g/mol. The molecule has 0 spiro atoms. The predicted molar refractivity (Wildman–Crippen MR) is 115 cm³/mol. The molecule has 1 aliphatic carbocycles. The Kier molecular flexibility index (Phi) is 7.97. The van der Waals surface area contributed by atoms with Gasteiger partial charge in [0.2, 0.25) is 11.8 Å². The number of hydrogen-bond acceptors (Lipinski definition) is 5. The predicted octanol–water partition coefficient (Wildman–Crippen LogP) is 3.65. The fraction of sp³-hybridized carbons (Fsp3) is 0.636. The van der Waals surface area contributed by atoms with E-state index in [1.165, 1.54) is 0 Å². The monoisotopic (exact) mass is 505 g/mol. The summed E-state index contributed by atoms with van der Waals surface area (Å²) in [4.78, 5) is 25.6. The second-order valence-corrected chi connectivity index (χ2v) is 9.10. The number of nitrogens with two attached hydrogens (primary N) is 1. The molecule has 1 aliphatic heterocycles. The molecule has 35 heavy (non-hydrogen) atoms. The largest absolute Gasteiger partial charge is 0.490 e. The first kappa shape index (κ1) is 26.8. The summed E-state index contributed by atoms with van der Waals surface area (Å²) >= 11 is 0. The molecular weight excluding hydrogens is 477 g/mol. The summed E-state index contributed by atoms with van der Waals surface area (Å²) in [7, 11) is 0. The molecule has 4 rings (SSSR count). The maximum absolute atomic E-state index is 13.4. The third-order valence-corrected chi connectivity index (χ3v) is 6.51. The van der Waals surface area contributed by atoms with Crippen LogP contribution in [0.25, 0.3) is 5.65 Å². The van der Waals surface area contributed by atoms with Gasteiger partial charge in [-0.05, 0) is 49.7 Å². The number of carboxylic acids is 1. The van der Waals surface area contributed by atoms with E-state index >= 15 is 0 Å². The molecule has 3 atom stereocenters. The quantitative estimate of drug-likeness (QED) is 0.534. The van der Waals surface area contributed by atoms with Crippen molar-refractivity contribution in [3.63, 3.8) is 0 Å². The van der Waals surface area contributed by atoms with Gasteiger partial charge in [-0.1, -0.05) is 6.92 Å². The van der Waals surface area contributed by atoms with Gasteiger partial charge in [0, 0.05) is 24.8 Å². The summed E-state index contributed by atoms with van der Waals surface area (Å²) in [6, 6.07) is 1.82. The summed E-state index contributed by atoms with van der Waals surface area (Å²) in [6.45, 7) is 2.07. The van der Waals surface area contributed by atoms with Crippen LogP contribution in [0.3, 0.4) is 0 Å². The summed E-state index contributed by atoms with van der Waals surface area (Å²) in [5.41, 5.74) is 8.67. The number of hydrogen-bond donors (Lipinski definition) is 3. The van der Waals surface area contributed by atoms with Crippen molar-refractivity contribution >= 4 is 17.5 Å². The molecule has 0 radical (unpaired) electrons.